The Bertz CT molecular complexity index is 877. The number of nitrogens with one attached hydrogen (secondary N) is 1. The molecule has 7 nitrogen and oxygen atoms in total. The van der Waals surface area contributed by atoms with Gasteiger partial charge in [0.05, 0.1) is 31.5 Å². The van der Waals surface area contributed by atoms with Crippen molar-refractivity contribution in [3.63, 3.8) is 0 Å². The fourth-order valence-electron chi connectivity index (χ4n) is 3.53. The second-order valence-electron chi connectivity index (χ2n) is 7.63. The summed E-state index contributed by atoms with van der Waals surface area (Å²) in [4.78, 5) is 16.1. The second-order valence-corrected chi connectivity index (χ2v) is 7.63. The van der Waals surface area contributed by atoms with E-state index in [2.05, 4.69) is 10.3 Å². The van der Waals surface area contributed by atoms with Crippen molar-refractivity contribution in [1.82, 2.24) is 10.3 Å². The Morgan fingerprint density at radius 3 is 2.32 bits per heavy atom. The van der Waals surface area contributed by atoms with Crippen molar-refractivity contribution in [2.75, 3.05) is 20.3 Å². The van der Waals surface area contributed by atoms with E-state index in [-0.39, 0.29) is 37.8 Å². The highest BCUT2D eigenvalue weighted by molar-refractivity contribution is 5.94. The molecule has 1 saturated carbocycles. The molecule has 1 heterocycles. The summed E-state index contributed by atoms with van der Waals surface area (Å²) >= 11 is 0. The molecule has 10 heteroatoms. The molecule has 0 saturated heterocycles. The third kappa shape index (κ3) is 5.65. The molecule has 1 aromatic heterocycles. The molecule has 0 aliphatic heterocycles. The third-order valence-corrected chi connectivity index (χ3v) is 5.29. The van der Waals surface area contributed by atoms with Gasteiger partial charge < -0.3 is 25.0 Å². The molecule has 1 aromatic carbocycles. The van der Waals surface area contributed by atoms with Gasteiger partial charge in [-0.25, -0.2) is 4.98 Å². The minimum absolute atomic E-state index is 0.0234. The summed E-state index contributed by atoms with van der Waals surface area (Å²) < 4.78 is 48.6. The average Bonchev–Trinajstić information content (AvgIpc) is 3.04. The van der Waals surface area contributed by atoms with Gasteiger partial charge in [-0.1, -0.05) is 0 Å². The molecule has 1 fully saturated rings. The normalized spacial score (nSPS) is 23.4. The summed E-state index contributed by atoms with van der Waals surface area (Å²) in [5, 5.41) is 22.8. The van der Waals surface area contributed by atoms with Gasteiger partial charge in [0.25, 0.3) is 5.91 Å². The minimum Gasteiger partial charge on any atom is -0.497 e. The van der Waals surface area contributed by atoms with Crippen LogP contribution in [0.4, 0.5) is 13.2 Å². The van der Waals surface area contributed by atoms with E-state index in [1.807, 2.05) is 0 Å². The monoisotopic (exact) mass is 440 g/mol. The van der Waals surface area contributed by atoms with Crippen molar-refractivity contribution < 1.29 is 37.7 Å². The van der Waals surface area contributed by atoms with Gasteiger partial charge in [-0.2, -0.15) is 13.2 Å². The zero-order valence-electron chi connectivity index (χ0n) is 16.7. The molecule has 0 bridgehead atoms. The fraction of sp³-hybridized carbons (Fsp3) is 0.429. The molecule has 168 valence electrons. The van der Waals surface area contributed by atoms with E-state index >= 15 is 0 Å². The van der Waals surface area contributed by atoms with Gasteiger partial charge in [0.1, 0.15) is 5.75 Å². The van der Waals surface area contributed by atoms with Gasteiger partial charge >= 0.3 is 6.18 Å². The summed E-state index contributed by atoms with van der Waals surface area (Å²) in [5.41, 5.74) is -1.31. The predicted octanol–water partition coefficient (Wildman–Crippen LogP) is 2.42. The van der Waals surface area contributed by atoms with E-state index in [1.54, 1.807) is 24.3 Å². The Labute approximate surface area is 176 Å². The summed E-state index contributed by atoms with van der Waals surface area (Å²) in [6.45, 7) is 0.0367. The van der Waals surface area contributed by atoms with Gasteiger partial charge in [0.15, 0.2) is 0 Å². The number of ether oxygens (including phenoxy) is 2. The molecule has 0 spiro atoms. The lowest BCUT2D eigenvalue weighted by Crippen LogP contribution is -2.40. The largest absolute Gasteiger partial charge is 0.497 e. The third-order valence-electron chi connectivity index (χ3n) is 5.29. The van der Waals surface area contributed by atoms with E-state index in [4.69, 9.17) is 9.47 Å². The number of methoxy groups -OCH3 is 1. The van der Waals surface area contributed by atoms with Crippen LogP contribution in [0.5, 0.6) is 11.6 Å². The molecule has 3 atom stereocenters. The maximum absolute atomic E-state index is 12.7. The molecule has 3 N–H and O–H groups in total. The number of hydrogen-bond acceptors (Lipinski definition) is 6. The van der Waals surface area contributed by atoms with E-state index in [0.717, 1.165) is 12.1 Å². The molecule has 1 unspecified atom stereocenters. The van der Waals surface area contributed by atoms with Crippen molar-refractivity contribution in [3.05, 3.63) is 53.7 Å². The van der Waals surface area contributed by atoms with Crippen molar-refractivity contribution in [3.8, 4) is 11.6 Å². The first kappa shape index (κ1) is 22.8. The zero-order chi connectivity index (χ0) is 22.6. The summed E-state index contributed by atoms with van der Waals surface area (Å²) in [5.74, 6) is 0.225. The van der Waals surface area contributed by atoms with Gasteiger partial charge in [0.2, 0.25) is 5.88 Å². The van der Waals surface area contributed by atoms with Gasteiger partial charge in [-0.05, 0) is 43.2 Å². The molecular formula is C21H23F3N2O5. The second kappa shape index (κ2) is 9.11. The Morgan fingerprint density at radius 2 is 1.81 bits per heavy atom. The van der Waals surface area contributed by atoms with Gasteiger partial charge in [0, 0.05) is 29.8 Å². The Morgan fingerprint density at radius 1 is 1.16 bits per heavy atom. The summed E-state index contributed by atoms with van der Waals surface area (Å²) in [6, 6.07) is 8.46. The number of carbonyl (C=O) groups is 1. The lowest BCUT2D eigenvalue weighted by Gasteiger charge is -2.29. The topological polar surface area (TPSA) is 101 Å². The number of rotatable bonds is 7. The fourth-order valence-corrected chi connectivity index (χ4v) is 3.53. The zero-order valence-corrected chi connectivity index (χ0v) is 16.7. The lowest BCUT2D eigenvalue weighted by molar-refractivity contribution is -0.137. The van der Waals surface area contributed by atoms with Crippen LogP contribution in [0.3, 0.4) is 0 Å². The Hall–Kier alpha value is -2.85. The minimum atomic E-state index is -4.50. The number of amides is 1. The SMILES string of the molecule is COc1ccc(C(=O)NCC2(COc3ccc(C(F)(F)F)cn3)C[C@@H](O)[C@@H](O)C2)cc1. The quantitative estimate of drug-likeness (QED) is 0.612. The lowest BCUT2D eigenvalue weighted by atomic mass is 9.86. The van der Waals surface area contributed by atoms with Crippen LogP contribution >= 0.6 is 0 Å². The molecule has 1 amide bonds. The highest BCUT2D eigenvalue weighted by Crippen LogP contribution is 2.39. The van der Waals surface area contributed by atoms with Crippen LogP contribution in [0.25, 0.3) is 0 Å². The number of aliphatic hydroxyl groups excluding tert-OH is 2. The van der Waals surface area contributed by atoms with Crippen LogP contribution in [-0.4, -0.2) is 53.6 Å². The Balaban J connectivity index is 1.66. The number of nitrogens with zero attached hydrogens (tertiary/aromatic N) is 1. The van der Waals surface area contributed by atoms with Crippen molar-refractivity contribution in [2.24, 2.45) is 5.41 Å². The van der Waals surface area contributed by atoms with E-state index in [0.29, 0.717) is 17.5 Å². The number of benzene rings is 1. The number of carbonyl (C=O) groups excluding carboxylic acids is 1. The standard InChI is InChI=1S/C21H23F3N2O5/c1-30-15-5-2-13(3-6-15)19(29)26-11-20(8-16(27)17(28)9-20)12-31-18-7-4-14(10-25-18)21(22,23)24/h2-7,10,16-17,27-28H,8-9,11-12H2,1H3,(H,26,29)/t16-,17+,20?. The molecule has 3 rings (SSSR count). The summed E-state index contributed by atoms with van der Waals surface area (Å²) in [6.07, 6.45) is -5.52. The van der Waals surface area contributed by atoms with Crippen LogP contribution < -0.4 is 14.8 Å². The maximum Gasteiger partial charge on any atom is 0.417 e. The van der Waals surface area contributed by atoms with Crippen molar-refractivity contribution in [1.29, 1.82) is 0 Å². The first-order valence-electron chi connectivity index (χ1n) is 9.56. The van der Waals surface area contributed by atoms with Crippen molar-refractivity contribution in [2.45, 2.75) is 31.2 Å². The molecule has 0 radical (unpaired) electrons. The first-order chi connectivity index (χ1) is 14.6. The molecule has 2 aromatic rings. The molecule has 31 heavy (non-hydrogen) atoms. The number of pyridine rings is 1. The van der Waals surface area contributed by atoms with Crippen LogP contribution in [0.15, 0.2) is 42.6 Å². The number of aromatic nitrogens is 1. The maximum atomic E-state index is 12.7. The van der Waals surface area contributed by atoms with Gasteiger partial charge in [-0.15, -0.1) is 0 Å². The van der Waals surface area contributed by atoms with Gasteiger partial charge in [-0.3, -0.25) is 4.79 Å². The number of halogens is 3. The molecular weight excluding hydrogens is 417 g/mol. The number of aliphatic hydroxyl groups is 2. The van der Waals surface area contributed by atoms with E-state index in [1.165, 1.54) is 7.11 Å². The van der Waals surface area contributed by atoms with E-state index in [9.17, 15) is 28.2 Å². The number of hydrogen-bond donors (Lipinski definition) is 3. The highest BCUT2D eigenvalue weighted by atomic mass is 19.4. The van der Waals surface area contributed by atoms with Crippen molar-refractivity contribution >= 4 is 5.91 Å². The van der Waals surface area contributed by atoms with Crippen LogP contribution in [0.2, 0.25) is 0 Å². The highest BCUT2D eigenvalue weighted by Gasteiger charge is 2.45. The molecule has 1 aliphatic rings. The summed E-state index contributed by atoms with van der Waals surface area (Å²) in [7, 11) is 1.51. The van der Waals surface area contributed by atoms with Crippen LogP contribution in [0, 0.1) is 5.41 Å². The predicted molar refractivity (Wildman–Crippen MR) is 104 cm³/mol. The Kier molecular flexibility index (Phi) is 6.71. The molecule has 1 aliphatic carbocycles. The van der Waals surface area contributed by atoms with Crippen LogP contribution in [-0.2, 0) is 6.18 Å². The smallest absolute Gasteiger partial charge is 0.417 e. The van der Waals surface area contributed by atoms with Crippen LogP contribution in [0.1, 0.15) is 28.8 Å². The average molecular weight is 440 g/mol. The number of alkyl halides is 3. The van der Waals surface area contributed by atoms with E-state index < -0.39 is 29.4 Å². The first-order valence-corrected chi connectivity index (χ1v) is 9.56.